The number of rotatable bonds is 4. The van der Waals surface area contributed by atoms with Gasteiger partial charge >= 0.3 is 0 Å². The molecule has 0 fully saturated rings. The summed E-state index contributed by atoms with van der Waals surface area (Å²) in [6.07, 6.45) is 0. The van der Waals surface area contributed by atoms with E-state index >= 15 is 0 Å². The van der Waals surface area contributed by atoms with Crippen molar-refractivity contribution in [2.45, 2.75) is 51.4 Å². The molecule has 2 unspecified atom stereocenters. The Balaban J connectivity index is 1.16. The number of hydrogen-bond acceptors (Lipinski definition) is 2. The average molecular weight is 733 g/mol. The summed E-state index contributed by atoms with van der Waals surface area (Å²) < 4.78 is 0. The zero-order valence-electron chi connectivity index (χ0n) is 33.1. The van der Waals surface area contributed by atoms with Crippen molar-refractivity contribution in [1.29, 1.82) is 0 Å². The molecular weight excluding hydrogens is 689 g/mol. The summed E-state index contributed by atoms with van der Waals surface area (Å²) in [6.45, 7) is 11.8. The van der Waals surface area contributed by atoms with E-state index < -0.39 is 0 Å². The van der Waals surface area contributed by atoms with Gasteiger partial charge in [0.25, 0.3) is 0 Å². The third kappa shape index (κ3) is 4.96. The highest BCUT2D eigenvalue weighted by Crippen LogP contribution is 2.53. The summed E-state index contributed by atoms with van der Waals surface area (Å²) in [4.78, 5) is 11.4. The van der Waals surface area contributed by atoms with Crippen molar-refractivity contribution in [3.8, 4) is 44.6 Å². The first kappa shape index (κ1) is 33.9. The number of aromatic nitrogens is 1. The monoisotopic (exact) mass is 732 g/mol. The van der Waals surface area contributed by atoms with Gasteiger partial charge in [0.1, 0.15) is 0 Å². The van der Waals surface area contributed by atoms with E-state index in [0.717, 1.165) is 33.6 Å². The SMILES string of the molecule is CC1C(c2ccc3c(c2)C(C)(C)c2ccccc2-3)=Nc2c(ccc3c(-c4ccccc4)cc(-c4ccc5c(c4)C(C)(C)c4ccccc4-5)nc23)C1c1ccccc1. The second-order valence-electron chi connectivity index (χ2n) is 17.4. The van der Waals surface area contributed by atoms with E-state index in [-0.39, 0.29) is 22.7 Å². The van der Waals surface area contributed by atoms with E-state index in [4.69, 9.17) is 9.98 Å². The van der Waals surface area contributed by atoms with Crippen LogP contribution in [0.2, 0.25) is 0 Å². The Labute approximate surface area is 335 Å². The van der Waals surface area contributed by atoms with Crippen LogP contribution in [0.25, 0.3) is 55.5 Å². The summed E-state index contributed by atoms with van der Waals surface area (Å²) in [7, 11) is 0. The quantitative estimate of drug-likeness (QED) is 0.177. The van der Waals surface area contributed by atoms with Gasteiger partial charge in [-0.2, -0.15) is 0 Å². The van der Waals surface area contributed by atoms with Gasteiger partial charge in [0.05, 0.1) is 22.6 Å². The molecule has 8 aromatic rings. The average Bonchev–Trinajstić information content (AvgIpc) is 3.62. The first-order valence-corrected chi connectivity index (χ1v) is 20.4. The maximum absolute atomic E-state index is 5.75. The van der Waals surface area contributed by atoms with Gasteiger partial charge in [-0.25, -0.2) is 9.98 Å². The van der Waals surface area contributed by atoms with Gasteiger partial charge < -0.3 is 0 Å². The second-order valence-corrected chi connectivity index (χ2v) is 17.4. The predicted molar refractivity (Wildman–Crippen MR) is 238 cm³/mol. The summed E-state index contributed by atoms with van der Waals surface area (Å²) >= 11 is 0. The third-order valence-electron chi connectivity index (χ3n) is 13.5. The smallest absolute Gasteiger partial charge is 0.0975 e. The van der Waals surface area contributed by atoms with Crippen LogP contribution in [0, 0.1) is 5.92 Å². The van der Waals surface area contributed by atoms with Crippen LogP contribution in [-0.2, 0) is 10.8 Å². The van der Waals surface area contributed by atoms with Crippen molar-refractivity contribution in [2.75, 3.05) is 0 Å². The van der Waals surface area contributed by atoms with E-state index in [1.165, 1.54) is 72.3 Å². The highest BCUT2D eigenvalue weighted by atomic mass is 14.8. The molecule has 11 rings (SSSR count). The molecule has 2 heteroatoms. The van der Waals surface area contributed by atoms with Gasteiger partial charge in [0.2, 0.25) is 0 Å². The lowest BCUT2D eigenvalue weighted by molar-refractivity contribution is 0.648. The largest absolute Gasteiger partial charge is 0.250 e. The summed E-state index contributed by atoms with van der Waals surface area (Å²) in [5, 5.41) is 1.12. The minimum atomic E-state index is -0.107. The number of fused-ring (bicyclic) bond motifs is 9. The fourth-order valence-electron chi connectivity index (χ4n) is 10.5. The molecule has 0 amide bonds. The molecular formula is C55H44N2. The standard InChI is InChI=1S/C55H44N2/c1-33-50(35-18-10-7-11-19-35)43-29-28-42-44(34-16-8-6-9-17-34)32-49(36-24-26-40-38-20-12-14-22-45(38)54(2,3)47(40)30-36)56-52(42)53(43)57-51(33)37-25-27-41-39-21-13-15-23-46(39)55(4,5)48(41)31-37/h6-33,50H,1-5H3. The number of benzene rings is 7. The van der Waals surface area contributed by atoms with Crippen LogP contribution < -0.4 is 0 Å². The highest BCUT2D eigenvalue weighted by molar-refractivity contribution is 6.11. The van der Waals surface area contributed by atoms with Crippen LogP contribution in [0.3, 0.4) is 0 Å². The molecule has 0 saturated heterocycles. The first-order chi connectivity index (χ1) is 27.7. The molecule has 0 N–H and O–H groups in total. The molecule has 0 bridgehead atoms. The third-order valence-corrected chi connectivity index (χ3v) is 13.5. The summed E-state index contributed by atoms with van der Waals surface area (Å²) in [6, 6.07) is 60.5. The van der Waals surface area contributed by atoms with E-state index in [1.807, 2.05) is 0 Å². The minimum Gasteiger partial charge on any atom is -0.250 e. The van der Waals surface area contributed by atoms with E-state index in [1.54, 1.807) is 0 Å². The fraction of sp³-hybridized carbons (Fsp3) is 0.164. The van der Waals surface area contributed by atoms with E-state index in [0.29, 0.717) is 0 Å². The zero-order chi connectivity index (χ0) is 38.6. The molecule has 2 nitrogen and oxygen atoms in total. The number of nitrogens with zero attached hydrogens (tertiary/aromatic N) is 2. The highest BCUT2D eigenvalue weighted by Gasteiger charge is 2.39. The van der Waals surface area contributed by atoms with Crippen molar-refractivity contribution in [1.82, 2.24) is 4.98 Å². The first-order valence-electron chi connectivity index (χ1n) is 20.4. The predicted octanol–water partition coefficient (Wildman–Crippen LogP) is 14.1. The molecule has 2 aliphatic carbocycles. The van der Waals surface area contributed by atoms with Gasteiger partial charge in [0, 0.05) is 33.6 Å². The number of aliphatic imine (C=N–C) groups is 1. The Kier molecular flexibility index (Phi) is 7.32. The molecule has 7 aromatic carbocycles. The van der Waals surface area contributed by atoms with Crippen molar-refractivity contribution >= 4 is 22.3 Å². The van der Waals surface area contributed by atoms with Gasteiger partial charge in [-0.3, -0.25) is 0 Å². The van der Waals surface area contributed by atoms with Crippen LogP contribution in [0.15, 0.2) is 169 Å². The Bertz CT molecular complexity index is 2970. The normalized spacial score (nSPS) is 17.9. The molecule has 274 valence electrons. The lowest BCUT2D eigenvalue weighted by Gasteiger charge is -2.33. The molecule has 3 aliphatic rings. The van der Waals surface area contributed by atoms with Crippen molar-refractivity contribution < 1.29 is 0 Å². The molecule has 0 saturated carbocycles. The molecule has 57 heavy (non-hydrogen) atoms. The van der Waals surface area contributed by atoms with Crippen LogP contribution in [0.4, 0.5) is 5.69 Å². The Hall–Kier alpha value is -6.38. The van der Waals surface area contributed by atoms with Crippen molar-refractivity contribution in [3.63, 3.8) is 0 Å². The number of pyridine rings is 1. The zero-order valence-corrected chi connectivity index (χ0v) is 33.1. The fourth-order valence-corrected chi connectivity index (χ4v) is 10.5. The second kappa shape index (κ2) is 12.3. The van der Waals surface area contributed by atoms with E-state index in [2.05, 4.69) is 198 Å². The van der Waals surface area contributed by atoms with Gasteiger partial charge in [0.15, 0.2) is 0 Å². The Morgan fingerprint density at radius 2 is 1.00 bits per heavy atom. The van der Waals surface area contributed by atoms with Gasteiger partial charge in [-0.1, -0.05) is 180 Å². The van der Waals surface area contributed by atoms with Crippen LogP contribution >= 0.6 is 0 Å². The molecule has 2 atom stereocenters. The van der Waals surface area contributed by atoms with E-state index in [9.17, 15) is 0 Å². The molecule has 1 aliphatic heterocycles. The maximum Gasteiger partial charge on any atom is 0.0975 e. The number of hydrogen-bond donors (Lipinski definition) is 0. The summed E-state index contributed by atoms with van der Waals surface area (Å²) in [5.41, 5.74) is 21.8. The van der Waals surface area contributed by atoms with Crippen LogP contribution in [0.5, 0.6) is 0 Å². The van der Waals surface area contributed by atoms with Crippen LogP contribution in [0.1, 0.15) is 79.5 Å². The lowest BCUT2D eigenvalue weighted by Crippen LogP contribution is -2.25. The van der Waals surface area contributed by atoms with Crippen molar-refractivity contribution in [3.05, 3.63) is 203 Å². The van der Waals surface area contributed by atoms with Crippen LogP contribution in [-0.4, -0.2) is 10.7 Å². The van der Waals surface area contributed by atoms with Gasteiger partial charge in [-0.15, -0.1) is 0 Å². The minimum absolute atomic E-state index is 0.101. The van der Waals surface area contributed by atoms with Gasteiger partial charge in [-0.05, 0) is 90.5 Å². The molecule has 0 spiro atoms. The Morgan fingerprint density at radius 1 is 0.456 bits per heavy atom. The van der Waals surface area contributed by atoms with Crippen molar-refractivity contribution in [2.24, 2.45) is 10.9 Å². The Morgan fingerprint density at radius 3 is 1.65 bits per heavy atom. The molecule has 1 aromatic heterocycles. The molecule has 0 radical (unpaired) electrons. The maximum atomic E-state index is 5.75. The lowest BCUT2D eigenvalue weighted by atomic mass is 9.74. The molecule has 2 heterocycles. The summed E-state index contributed by atoms with van der Waals surface area (Å²) in [5.74, 6) is 0.251. The topological polar surface area (TPSA) is 25.2 Å².